The van der Waals surface area contributed by atoms with Gasteiger partial charge >= 0.3 is 0 Å². The summed E-state index contributed by atoms with van der Waals surface area (Å²) in [6.45, 7) is 11.2. The number of nitrogens with zero attached hydrogens (tertiary/aromatic N) is 1. The average Bonchev–Trinajstić information content (AvgIpc) is 2.13. The summed E-state index contributed by atoms with van der Waals surface area (Å²) in [7, 11) is 0. The van der Waals surface area contributed by atoms with E-state index in [9.17, 15) is 5.11 Å². The lowest BCUT2D eigenvalue weighted by molar-refractivity contribution is -0.0932. The zero-order valence-corrected chi connectivity index (χ0v) is 9.91. The van der Waals surface area contributed by atoms with Gasteiger partial charge in [-0.2, -0.15) is 0 Å². The molecular formula is C12H23NO2. The SMILES string of the molecule is C=CCCC(O)CN1CCOC(C)(C)C1. The van der Waals surface area contributed by atoms with Gasteiger partial charge in [0.2, 0.25) is 0 Å². The van der Waals surface area contributed by atoms with Crippen molar-refractivity contribution in [2.24, 2.45) is 0 Å². The van der Waals surface area contributed by atoms with Crippen LogP contribution in [0.3, 0.4) is 0 Å². The van der Waals surface area contributed by atoms with Gasteiger partial charge in [0, 0.05) is 19.6 Å². The van der Waals surface area contributed by atoms with Crippen LogP contribution in [0.2, 0.25) is 0 Å². The molecule has 0 aromatic heterocycles. The van der Waals surface area contributed by atoms with Crippen LogP contribution in [0.15, 0.2) is 12.7 Å². The van der Waals surface area contributed by atoms with E-state index in [2.05, 4.69) is 25.3 Å². The van der Waals surface area contributed by atoms with E-state index in [0.29, 0.717) is 0 Å². The van der Waals surface area contributed by atoms with Crippen molar-refractivity contribution in [3.05, 3.63) is 12.7 Å². The number of aliphatic hydroxyl groups is 1. The smallest absolute Gasteiger partial charge is 0.0753 e. The summed E-state index contributed by atoms with van der Waals surface area (Å²) >= 11 is 0. The van der Waals surface area contributed by atoms with Gasteiger partial charge in [-0.05, 0) is 26.7 Å². The van der Waals surface area contributed by atoms with Gasteiger partial charge in [-0.25, -0.2) is 0 Å². The molecule has 0 aromatic carbocycles. The van der Waals surface area contributed by atoms with E-state index in [1.54, 1.807) is 0 Å². The van der Waals surface area contributed by atoms with Crippen molar-refractivity contribution in [3.8, 4) is 0 Å². The highest BCUT2D eigenvalue weighted by Gasteiger charge is 2.27. The van der Waals surface area contributed by atoms with E-state index >= 15 is 0 Å². The number of aliphatic hydroxyl groups excluding tert-OH is 1. The number of allylic oxidation sites excluding steroid dienone is 1. The van der Waals surface area contributed by atoms with Gasteiger partial charge in [0.25, 0.3) is 0 Å². The molecule has 15 heavy (non-hydrogen) atoms. The first kappa shape index (κ1) is 12.7. The van der Waals surface area contributed by atoms with Gasteiger partial charge in [0.15, 0.2) is 0 Å². The average molecular weight is 213 g/mol. The summed E-state index contributed by atoms with van der Waals surface area (Å²) in [5.74, 6) is 0. The predicted octanol–water partition coefficient (Wildman–Crippen LogP) is 1.42. The molecule has 0 aliphatic carbocycles. The number of hydrogen-bond acceptors (Lipinski definition) is 3. The minimum atomic E-state index is -0.239. The van der Waals surface area contributed by atoms with Crippen molar-refractivity contribution >= 4 is 0 Å². The highest BCUT2D eigenvalue weighted by atomic mass is 16.5. The molecule has 1 saturated heterocycles. The minimum absolute atomic E-state index is 0.0730. The third-order valence-corrected chi connectivity index (χ3v) is 2.68. The molecule has 1 aliphatic heterocycles. The monoisotopic (exact) mass is 213 g/mol. The van der Waals surface area contributed by atoms with Crippen molar-refractivity contribution in [2.45, 2.75) is 38.4 Å². The molecule has 1 fully saturated rings. The fourth-order valence-electron chi connectivity index (χ4n) is 1.97. The van der Waals surface area contributed by atoms with Crippen LogP contribution in [0.25, 0.3) is 0 Å². The van der Waals surface area contributed by atoms with Gasteiger partial charge in [-0.15, -0.1) is 6.58 Å². The molecule has 3 heteroatoms. The van der Waals surface area contributed by atoms with Crippen LogP contribution in [0.4, 0.5) is 0 Å². The van der Waals surface area contributed by atoms with Crippen LogP contribution in [-0.2, 0) is 4.74 Å². The molecule has 0 spiro atoms. The fourth-order valence-corrected chi connectivity index (χ4v) is 1.97. The summed E-state index contributed by atoms with van der Waals surface area (Å²) in [6, 6.07) is 0. The van der Waals surface area contributed by atoms with Crippen LogP contribution >= 0.6 is 0 Å². The Morgan fingerprint density at radius 1 is 1.60 bits per heavy atom. The van der Waals surface area contributed by atoms with E-state index < -0.39 is 0 Å². The van der Waals surface area contributed by atoms with Crippen molar-refractivity contribution in [1.82, 2.24) is 4.90 Å². The summed E-state index contributed by atoms with van der Waals surface area (Å²) in [5, 5.41) is 9.77. The third kappa shape index (κ3) is 4.78. The molecule has 0 bridgehead atoms. The Balaban J connectivity index is 2.28. The van der Waals surface area contributed by atoms with Gasteiger partial charge in [-0.3, -0.25) is 4.90 Å². The zero-order valence-electron chi connectivity index (χ0n) is 9.91. The lowest BCUT2D eigenvalue weighted by Gasteiger charge is -2.38. The normalized spacial score (nSPS) is 23.7. The summed E-state index contributed by atoms with van der Waals surface area (Å²) < 4.78 is 5.62. The second-order valence-electron chi connectivity index (χ2n) is 4.86. The largest absolute Gasteiger partial charge is 0.392 e. The van der Waals surface area contributed by atoms with Gasteiger partial charge in [0.1, 0.15) is 0 Å². The van der Waals surface area contributed by atoms with Crippen LogP contribution in [0.1, 0.15) is 26.7 Å². The number of β-amino-alcohol motifs (C(OH)–C–C–N with tert-alkyl or cyclic N) is 1. The molecule has 1 N–H and O–H groups in total. The van der Waals surface area contributed by atoms with Gasteiger partial charge in [0.05, 0.1) is 18.3 Å². The van der Waals surface area contributed by atoms with Crippen molar-refractivity contribution in [1.29, 1.82) is 0 Å². The highest BCUT2D eigenvalue weighted by molar-refractivity contribution is 4.81. The first-order chi connectivity index (χ1) is 7.03. The van der Waals surface area contributed by atoms with Crippen LogP contribution in [0.5, 0.6) is 0 Å². The molecular weight excluding hydrogens is 190 g/mol. The maximum atomic E-state index is 9.77. The fraction of sp³-hybridized carbons (Fsp3) is 0.833. The molecule has 1 heterocycles. The second kappa shape index (κ2) is 5.64. The number of morpholine rings is 1. The van der Waals surface area contributed by atoms with E-state index in [1.165, 1.54) is 0 Å². The number of rotatable bonds is 5. The molecule has 0 aromatic rings. The summed E-state index contributed by atoms with van der Waals surface area (Å²) in [4.78, 5) is 2.28. The molecule has 1 unspecified atom stereocenters. The first-order valence-electron chi connectivity index (χ1n) is 5.69. The Morgan fingerprint density at radius 2 is 2.33 bits per heavy atom. The lowest BCUT2D eigenvalue weighted by Crippen LogP contribution is -2.50. The predicted molar refractivity (Wildman–Crippen MR) is 61.9 cm³/mol. The van der Waals surface area contributed by atoms with Crippen molar-refractivity contribution in [2.75, 3.05) is 26.2 Å². The Kier molecular flexibility index (Phi) is 4.77. The van der Waals surface area contributed by atoms with E-state index in [4.69, 9.17) is 4.74 Å². The van der Waals surface area contributed by atoms with E-state index in [-0.39, 0.29) is 11.7 Å². The third-order valence-electron chi connectivity index (χ3n) is 2.68. The number of ether oxygens (including phenoxy) is 1. The lowest BCUT2D eigenvalue weighted by atomic mass is 10.1. The molecule has 1 rings (SSSR count). The Morgan fingerprint density at radius 3 is 2.93 bits per heavy atom. The molecule has 0 saturated carbocycles. The van der Waals surface area contributed by atoms with Gasteiger partial charge in [-0.1, -0.05) is 6.08 Å². The van der Waals surface area contributed by atoms with Gasteiger partial charge < -0.3 is 9.84 Å². The molecule has 3 nitrogen and oxygen atoms in total. The number of hydrogen-bond donors (Lipinski definition) is 1. The molecule has 1 atom stereocenters. The second-order valence-corrected chi connectivity index (χ2v) is 4.86. The Bertz CT molecular complexity index is 204. The zero-order chi connectivity index (χ0) is 11.3. The quantitative estimate of drug-likeness (QED) is 0.701. The minimum Gasteiger partial charge on any atom is -0.392 e. The molecule has 1 aliphatic rings. The first-order valence-corrected chi connectivity index (χ1v) is 5.69. The standard InChI is InChI=1S/C12H23NO2/c1-4-5-6-11(14)9-13-7-8-15-12(2,3)10-13/h4,11,14H,1,5-10H2,2-3H3. The molecule has 0 radical (unpaired) electrons. The van der Waals surface area contributed by atoms with E-state index in [0.717, 1.165) is 39.1 Å². The highest BCUT2D eigenvalue weighted by Crippen LogP contribution is 2.16. The van der Waals surface area contributed by atoms with Crippen LogP contribution in [0, 0.1) is 0 Å². The Labute approximate surface area is 92.7 Å². The summed E-state index contributed by atoms with van der Waals surface area (Å²) in [6.07, 6.45) is 3.31. The summed E-state index contributed by atoms with van der Waals surface area (Å²) in [5.41, 5.74) is -0.0730. The van der Waals surface area contributed by atoms with Crippen LogP contribution < -0.4 is 0 Å². The maximum absolute atomic E-state index is 9.77. The topological polar surface area (TPSA) is 32.7 Å². The van der Waals surface area contributed by atoms with Crippen molar-refractivity contribution in [3.63, 3.8) is 0 Å². The maximum Gasteiger partial charge on any atom is 0.0753 e. The molecule has 88 valence electrons. The van der Waals surface area contributed by atoms with Crippen LogP contribution in [-0.4, -0.2) is 48.0 Å². The Hall–Kier alpha value is -0.380. The molecule has 0 amide bonds. The van der Waals surface area contributed by atoms with Crippen molar-refractivity contribution < 1.29 is 9.84 Å². The van der Waals surface area contributed by atoms with E-state index in [1.807, 2.05) is 6.08 Å².